The minimum atomic E-state index is -0.869. The lowest BCUT2D eigenvalue weighted by molar-refractivity contribution is -0.121. The fraction of sp³-hybridized carbons (Fsp3) is 0.909. The number of ether oxygens (including phenoxy) is 1. The third kappa shape index (κ3) is 4.47. The molecule has 94 valence electrons. The lowest BCUT2D eigenvalue weighted by atomic mass is 10.0. The number of nitrogens with one attached hydrogen (secondary N) is 2. The molecule has 2 atom stereocenters. The van der Waals surface area contributed by atoms with Gasteiger partial charge in [-0.15, -0.1) is 0 Å². The molecule has 0 radical (unpaired) electrons. The maximum Gasteiger partial charge on any atom is 0.234 e. The van der Waals surface area contributed by atoms with Gasteiger partial charge < -0.3 is 20.5 Å². The first kappa shape index (κ1) is 13.4. The molecular weight excluding hydrogens is 208 g/mol. The minimum Gasteiger partial charge on any atom is -0.386 e. The zero-order valence-electron chi connectivity index (χ0n) is 10.1. The SMILES string of the molecule is CCC(C)NCC(=O)NCC1(O)CCOC1. The Morgan fingerprint density at radius 1 is 1.62 bits per heavy atom. The lowest BCUT2D eigenvalue weighted by Gasteiger charge is -2.21. The van der Waals surface area contributed by atoms with Gasteiger partial charge in [-0.1, -0.05) is 6.92 Å². The van der Waals surface area contributed by atoms with Gasteiger partial charge in [0.25, 0.3) is 0 Å². The molecule has 0 saturated carbocycles. The molecule has 1 rings (SSSR count). The summed E-state index contributed by atoms with van der Waals surface area (Å²) in [7, 11) is 0. The van der Waals surface area contributed by atoms with Gasteiger partial charge in [-0.3, -0.25) is 4.79 Å². The molecular formula is C11H22N2O3. The third-order valence-corrected chi connectivity index (χ3v) is 2.92. The molecule has 1 aliphatic rings. The number of aliphatic hydroxyl groups is 1. The van der Waals surface area contributed by atoms with E-state index >= 15 is 0 Å². The molecule has 0 spiro atoms. The van der Waals surface area contributed by atoms with Crippen molar-refractivity contribution < 1.29 is 14.6 Å². The molecule has 1 amide bonds. The van der Waals surface area contributed by atoms with Crippen LogP contribution in [-0.4, -0.2) is 49.0 Å². The van der Waals surface area contributed by atoms with E-state index in [4.69, 9.17) is 4.74 Å². The van der Waals surface area contributed by atoms with Gasteiger partial charge in [0.05, 0.1) is 13.2 Å². The quantitative estimate of drug-likeness (QED) is 0.583. The number of amides is 1. The van der Waals surface area contributed by atoms with Crippen molar-refractivity contribution in [3.05, 3.63) is 0 Å². The highest BCUT2D eigenvalue weighted by Gasteiger charge is 2.32. The van der Waals surface area contributed by atoms with Crippen molar-refractivity contribution in [2.24, 2.45) is 0 Å². The van der Waals surface area contributed by atoms with Crippen molar-refractivity contribution in [1.29, 1.82) is 0 Å². The predicted octanol–water partition coefficient (Wildman–Crippen LogP) is -0.358. The van der Waals surface area contributed by atoms with Crippen molar-refractivity contribution in [2.45, 2.75) is 38.3 Å². The van der Waals surface area contributed by atoms with Crippen LogP contribution in [0.3, 0.4) is 0 Å². The molecule has 16 heavy (non-hydrogen) atoms. The maximum atomic E-state index is 11.4. The molecule has 0 aliphatic carbocycles. The van der Waals surface area contributed by atoms with Gasteiger partial charge in [-0.2, -0.15) is 0 Å². The van der Waals surface area contributed by atoms with E-state index in [1.807, 2.05) is 6.92 Å². The molecule has 0 aromatic heterocycles. The van der Waals surface area contributed by atoms with Crippen LogP contribution in [-0.2, 0) is 9.53 Å². The first-order valence-electron chi connectivity index (χ1n) is 5.86. The molecule has 2 unspecified atom stereocenters. The summed E-state index contributed by atoms with van der Waals surface area (Å²) in [4.78, 5) is 11.4. The molecule has 5 heteroatoms. The topological polar surface area (TPSA) is 70.6 Å². The molecule has 0 aromatic rings. The summed E-state index contributed by atoms with van der Waals surface area (Å²) in [6, 6.07) is 0.337. The smallest absolute Gasteiger partial charge is 0.234 e. The van der Waals surface area contributed by atoms with E-state index < -0.39 is 5.60 Å². The van der Waals surface area contributed by atoms with E-state index in [2.05, 4.69) is 17.6 Å². The Morgan fingerprint density at radius 2 is 2.38 bits per heavy atom. The van der Waals surface area contributed by atoms with Crippen LogP contribution in [0.4, 0.5) is 0 Å². The molecule has 1 heterocycles. The Hall–Kier alpha value is -0.650. The second kappa shape index (κ2) is 6.18. The maximum absolute atomic E-state index is 11.4. The zero-order chi connectivity index (χ0) is 12.0. The zero-order valence-corrected chi connectivity index (χ0v) is 10.1. The first-order valence-corrected chi connectivity index (χ1v) is 5.86. The van der Waals surface area contributed by atoms with Crippen molar-refractivity contribution in [3.63, 3.8) is 0 Å². The minimum absolute atomic E-state index is 0.0828. The van der Waals surface area contributed by atoms with Crippen LogP contribution in [0.15, 0.2) is 0 Å². The summed E-state index contributed by atoms with van der Waals surface area (Å²) in [5, 5.41) is 15.7. The third-order valence-electron chi connectivity index (χ3n) is 2.92. The molecule has 1 fully saturated rings. The van der Waals surface area contributed by atoms with E-state index in [0.717, 1.165) is 6.42 Å². The Labute approximate surface area is 96.6 Å². The van der Waals surface area contributed by atoms with E-state index in [9.17, 15) is 9.90 Å². The summed E-state index contributed by atoms with van der Waals surface area (Å²) in [5.74, 6) is -0.0828. The molecule has 3 N–H and O–H groups in total. The van der Waals surface area contributed by atoms with Gasteiger partial charge in [0.2, 0.25) is 5.91 Å². The highest BCUT2D eigenvalue weighted by atomic mass is 16.5. The van der Waals surface area contributed by atoms with Gasteiger partial charge in [-0.25, -0.2) is 0 Å². The Kier molecular flexibility index (Phi) is 5.18. The fourth-order valence-corrected chi connectivity index (χ4v) is 1.47. The van der Waals surface area contributed by atoms with Crippen LogP contribution >= 0.6 is 0 Å². The standard InChI is InChI=1S/C11H22N2O3/c1-3-9(2)12-6-10(14)13-7-11(15)4-5-16-8-11/h9,12,15H,3-8H2,1-2H3,(H,13,14). The summed E-state index contributed by atoms with van der Waals surface area (Å²) >= 11 is 0. The average molecular weight is 230 g/mol. The number of carbonyl (C=O) groups is 1. The van der Waals surface area contributed by atoms with Crippen LogP contribution in [0.1, 0.15) is 26.7 Å². The monoisotopic (exact) mass is 230 g/mol. The second-order valence-electron chi connectivity index (χ2n) is 4.49. The highest BCUT2D eigenvalue weighted by Crippen LogP contribution is 2.16. The van der Waals surface area contributed by atoms with Gasteiger partial charge >= 0.3 is 0 Å². The number of carbonyl (C=O) groups excluding carboxylic acids is 1. The molecule has 5 nitrogen and oxygen atoms in total. The molecule has 1 saturated heterocycles. The first-order chi connectivity index (χ1) is 7.56. The lowest BCUT2D eigenvalue weighted by Crippen LogP contribution is -2.46. The van der Waals surface area contributed by atoms with E-state index in [-0.39, 0.29) is 12.5 Å². The summed E-state index contributed by atoms with van der Waals surface area (Å²) in [6.45, 7) is 5.54. The number of rotatable bonds is 6. The molecule has 0 bridgehead atoms. The van der Waals surface area contributed by atoms with Crippen molar-refractivity contribution in [3.8, 4) is 0 Å². The Bertz CT molecular complexity index is 227. The molecule has 1 aliphatic heterocycles. The van der Waals surface area contributed by atoms with Crippen LogP contribution in [0.5, 0.6) is 0 Å². The summed E-state index contributed by atoms with van der Waals surface area (Å²) < 4.78 is 5.09. The van der Waals surface area contributed by atoms with Crippen LogP contribution in [0.2, 0.25) is 0 Å². The number of hydrogen-bond donors (Lipinski definition) is 3. The fourth-order valence-electron chi connectivity index (χ4n) is 1.47. The van der Waals surface area contributed by atoms with E-state index in [1.54, 1.807) is 0 Å². The van der Waals surface area contributed by atoms with Crippen molar-refractivity contribution >= 4 is 5.91 Å². The van der Waals surface area contributed by atoms with Gasteiger partial charge in [-0.05, 0) is 13.3 Å². The average Bonchev–Trinajstić information content (AvgIpc) is 2.71. The predicted molar refractivity (Wildman–Crippen MR) is 61.2 cm³/mol. The molecule has 0 aromatic carbocycles. The highest BCUT2D eigenvalue weighted by molar-refractivity contribution is 5.78. The second-order valence-corrected chi connectivity index (χ2v) is 4.49. The Balaban J connectivity index is 2.14. The van der Waals surface area contributed by atoms with Gasteiger partial charge in [0, 0.05) is 25.6 Å². The van der Waals surface area contributed by atoms with Crippen LogP contribution in [0, 0.1) is 0 Å². The number of hydrogen-bond acceptors (Lipinski definition) is 4. The Morgan fingerprint density at radius 3 is 2.94 bits per heavy atom. The summed E-state index contributed by atoms with van der Waals surface area (Å²) in [5.41, 5.74) is -0.869. The van der Waals surface area contributed by atoms with Crippen LogP contribution in [0.25, 0.3) is 0 Å². The summed E-state index contributed by atoms with van der Waals surface area (Å²) in [6.07, 6.45) is 1.58. The van der Waals surface area contributed by atoms with Gasteiger partial charge in [0.15, 0.2) is 0 Å². The normalized spacial score (nSPS) is 26.7. The largest absolute Gasteiger partial charge is 0.386 e. The van der Waals surface area contributed by atoms with Crippen molar-refractivity contribution in [1.82, 2.24) is 10.6 Å². The van der Waals surface area contributed by atoms with Crippen molar-refractivity contribution in [2.75, 3.05) is 26.3 Å². The van der Waals surface area contributed by atoms with Crippen LogP contribution < -0.4 is 10.6 Å². The van der Waals surface area contributed by atoms with Gasteiger partial charge in [0.1, 0.15) is 5.60 Å². The van der Waals surface area contributed by atoms with E-state index in [0.29, 0.717) is 32.2 Å². The van der Waals surface area contributed by atoms with E-state index in [1.165, 1.54) is 0 Å².